The first-order chi connectivity index (χ1) is 14.8. The summed E-state index contributed by atoms with van der Waals surface area (Å²) in [6.45, 7) is 6.38. The minimum Gasteiger partial charge on any atom is -0.308 e. The van der Waals surface area contributed by atoms with E-state index in [-0.39, 0.29) is 5.56 Å². The molecule has 3 amide bonds. The number of carbonyl (C=O) groups excluding carboxylic acids is 2. The van der Waals surface area contributed by atoms with Gasteiger partial charge in [-0.2, -0.15) is 0 Å². The molecule has 2 aromatic carbocycles. The largest absolute Gasteiger partial charge is 0.325 e. The standard InChI is InChI=1S/C23H26N4O3S/c1-15(2)13-14-27-21(29)18-11-7-8-12-19(18)25-23(27)31-16(3)20(28)26-22(30)24-17-9-5-4-6-10-17/h4-12,15-16H,13-14H2,1-3H3,(H2,24,26,28,30). The normalized spacial score (nSPS) is 12.0. The lowest BCUT2D eigenvalue weighted by Crippen LogP contribution is -2.39. The smallest absolute Gasteiger partial charge is 0.308 e. The second-order valence-corrected chi connectivity index (χ2v) is 8.93. The SMILES string of the molecule is CC(C)CCn1c(SC(C)C(=O)NC(=O)Nc2ccccc2)nc2ccccc2c1=O. The number of fused-ring (bicyclic) bond motifs is 1. The molecule has 1 heterocycles. The topological polar surface area (TPSA) is 93.1 Å². The van der Waals surface area contributed by atoms with Gasteiger partial charge in [0.2, 0.25) is 5.91 Å². The highest BCUT2D eigenvalue weighted by atomic mass is 32.2. The zero-order chi connectivity index (χ0) is 22.4. The van der Waals surface area contributed by atoms with Crippen LogP contribution < -0.4 is 16.2 Å². The minimum absolute atomic E-state index is 0.122. The Hall–Kier alpha value is -3.13. The first-order valence-corrected chi connectivity index (χ1v) is 11.1. The Morgan fingerprint density at radius 1 is 1.03 bits per heavy atom. The van der Waals surface area contributed by atoms with Gasteiger partial charge in [-0.3, -0.25) is 19.5 Å². The van der Waals surface area contributed by atoms with Crippen LogP contribution in [0.4, 0.5) is 10.5 Å². The average Bonchev–Trinajstić information content (AvgIpc) is 2.74. The van der Waals surface area contributed by atoms with Crippen molar-refractivity contribution in [1.82, 2.24) is 14.9 Å². The van der Waals surface area contributed by atoms with Gasteiger partial charge in [-0.05, 0) is 43.5 Å². The molecule has 8 heteroatoms. The Bertz CT molecular complexity index is 1130. The van der Waals surface area contributed by atoms with E-state index in [0.717, 1.165) is 6.42 Å². The molecular formula is C23H26N4O3S. The van der Waals surface area contributed by atoms with Crippen LogP contribution in [0.5, 0.6) is 0 Å². The van der Waals surface area contributed by atoms with E-state index >= 15 is 0 Å². The lowest BCUT2D eigenvalue weighted by atomic mass is 10.1. The molecule has 3 aromatic rings. The van der Waals surface area contributed by atoms with Gasteiger partial charge in [-0.1, -0.05) is 55.9 Å². The summed E-state index contributed by atoms with van der Waals surface area (Å²) in [6.07, 6.45) is 0.813. The summed E-state index contributed by atoms with van der Waals surface area (Å²) < 4.78 is 1.63. The molecule has 0 saturated heterocycles. The van der Waals surface area contributed by atoms with E-state index in [1.165, 1.54) is 11.8 Å². The summed E-state index contributed by atoms with van der Waals surface area (Å²) in [6, 6.07) is 15.5. The Kier molecular flexibility index (Phi) is 7.46. The summed E-state index contributed by atoms with van der Waals surface area (Å²) in [5.41, 5.74) is 1.06. The van der Waals surface area contributed by atoms with Crippen LogP contribution in [0, 0.1) is 5.92 Å². The van der Waals surface area contributed by atoms with Gasteiger partial charge in [-0.15, -0.1) is 0 Å². The fourth-order valence-corrected chi connectivity index (χ4v) is 3.87. The molecule has 0 fully saturated rings. The van der Waals surface area contributed by atoms with E-state index < -0.39 is 17.2 Å². The van der Waals surface area contributed by atoms with Gasteiger partial charge in [0.1, 0.15) is 0 Å². The number of para-hydroxylation sites is 2. The van der Waals surface area contributed by atoms with Gasteiger partial charge in [0.15, 0.2) is 5.16 Å². The monoisotopic (exact) mass is 438 g/mol. The number of nitrogens with zero attached hydrogens (tertiary/aromatic N) is 2. The predicted molar refractivity (Wildman–Crippen MR) is 124 cm³/mol. The molecule has 7 nitrogen and oxygen atoms in total. The van der Waals surface area contributed by atoms with Gasteiger partial charge >= 0.3 is 6.03 Å². The van der Waals surface area contributed by atoms with Crippen LogP contribution in [0.1, 0.15) is 27.2 Å². The molecule has 3 rings (SSSR count). The van der Waals surface area contributed by atoms with E-state index in [9.17, 15) is 14.4 Å². The number of nitrogens with one attached hydrogen (secondary N) is 2. The van der Waals surface area contributed by atoms with E-state index in [4.69, 9.17) is 0 Å². The molecule has 1 unspecified atom stereocenters. The van der Waals surface area contributed by atoms with Gasteiger partial charge in [0.25, 0.3) is 5.56 Å². The molecule has 0 spiro atoms. The average molecular weight is 439 g/mol. The number of amides is 3. The number of anilines is 1. The molecule has 162 valence electrons. The fraction of sp³-hybridized carbons (Fsp3) is 0.304. The maximum atomic E-state index is 13.0. The van der Waals surface area contributed by atoms with Crippen LogP contribution in [0.2, 0.25) is 0 Å². The van der Waals surface area contributed by atoms with Gasteiger partial charge < -0.3 is 5.32 Å². The minimum atomic E-state index is -0.625. The van der Waals surface area contributed by atoms with E-state index in [0.29, 0.717) is 34.2 Å². The summed E-state index contributed by atoms with van der Waals surface area (Å²) >= 11 is 1.17. The van der Waals surface area contributed by atoms with Crippen LogP contribution in [0.3, 0.4) is 0 Å². The van der Waals surface area contributed by atoms with Gasteiger partial charge in [-0.25, -0.2) is 9.78 Å². The van der Waals surface area contributed by atoms with Crippen molar-refractivity contribution in [3.8, 4) is 0 Å². The Labute approximate surface area is 185 Å². The summed E-state index contributed by atoms with van der Waals surface area (Å²) in [7, 11) is 0. The van der Waals surface area contributed by atoms with Crippen LogP contribution >= 0.6 is 11.8 Å². The molecule has 0 aliphatic heterocycles. The molecule has 1 aromatic heterocycles. The Morgan fingerprint density at radius 2 is 1.71 bits per heavy atom. The van der Waals surface area contributed by atoms with E-state index in [1.807, 2.05) is 18.2 Å². The highest BCUT2D eigenvalue weighted by Crippen LogP contribution is 2.23. The number of benzene rings is 2. The van der Waals surface area contributed by atoms with Crippen molar-refractivity contribution in [1.29, 1.82) is 0 Å². The summed E-state index contributed by atoms with van der Waals surface area (Å²) in [4.78, 5) is 42.4. The molecular weight excluding hydrogens is 412 g/mol. The maximum absolute atomic E-state index is 13.0. The number of imide groups is 1. The third-order valence-electron chi connectivity index (χ3n) is 4.68. The fourth-order valence-electron chi connectivity index (χ4n) is 2.93. The third kappa shape index (κ3) is 5.95. The van der Waals surface area contributed by atoms with Crippen molar-refractivity contribution in [3.63, 3.8) is 0 Å². The molecule has 0 aliphatic carbocycles. The predicted octanol–water partition coefficient (Wildman–Crippen LogP) is 4.27. The Morgan fingerprint density at radius 3 is 2.42 bits per heavy atom. The highest BCUT2D eigenvalue weighted by molar-refractivity contribution is 8.00. The van der Waals surface area contributed by atoms with Crippen molar-refractivity contribution in [2.75, 3.05) is 5.32 Å². The first-order valence-electron chi connectivity index (χ1n) is 10.2. The van der Waals surface area contributed by atoms with Crippen LogP contribution in [0.25, 0.3) is 10.9 Å². The molecule has 31 heavy (non-hydrogen) atoms. The quantitative estimate of drug-likeness (QED) is 0.424. The third-order valence-corrected chi connectivity index (χ3v) is 5.77. The molecule has 0 aliphatic rings. The zero-order valence-electron chi connectivity index (χ0n) is 17.8. The number of aromatic nitrogens is 2. The van der Waals surface area contributed by atoms with Crippen molar-refractivity contribution in [2.45, 2.75) is 44.1 Å². The highest BCUT2D eigenvalue weighted by Gasteiger charge is 2.21. The number of carbonyl (C=O) groups is 2. The molecule has 0 radical (unpaired) electrons. The van der Waals surface area contributed by atoms with E-state index in [2.05, 4.69) is 29.5 Å². The number of hydrogen-bond acceptors (Lipinski definition) is 5. The zero-order valence-corrected chi connectivity index (χ0v) is 18.6. The lowest BCUT2D eigenvalue weighted by molar-refractivity contribution is -0.119. The number of hydrogen-bond donors (Lipinski definition) is 2. The molecule has 0 bridgehead atoms. The summed E-state index contributed by atoms with van der Waals surface area (Å²) in [5, 5.41) is 5.36. The molecule has 2 N–H and O–H groups in total. The second-order valence-electron chi connectivity index (χ2n) is 7.62. The number of thioether (sulfide) groups is 1. The van der Waals surface area contributed by atoms with Crippen molar-refractivity contribution < 1.29 is 9.59 Å². The van der Waals surface area contributed by atoms with Crippen molar-refractivity contribution >= 4 is 40.3 Å². The summed E-state index contributed by atoms with van der Waals surface area (Å²) in [5.74, 6) is -0.0464. The first kappa shape index (κ1) is 22.6. The maximum Gasteiger partial charge on any atom is 0.325 e. The number of urea groups is 1. The number of rotatable bonds is 7. The van der Waals surface area contributed by atoms with Crippen LogP contribution in [0.15, 0.2) is 64.5 Å². The molecule has 0 saturated carbocycles. The van der Waals surface area contributed by atoms with E-state index in [1.54, 1.807) is 47.9 Å². The van der Waals surface area contributed by atoms with Crippen LogP contribution in [-0.2, 0) is 11.3 Å². The molecule has 1 atom stereocenters. The lowest BCUT2D eigenvalue weighted by Gasteiger charge is -2.17. The second kappa shape index (κ2) is 10.3. The van der Waals surface area contributed by atoms with Gasteiger partial charge in [0.05, 0.1) is 16.2 Å². The van der Waals surface area contributed by atoms with Crippen molar-refractivity contribution in [2.24, 2.45) is 5.92 Å². The van der Waals surface area contributed by atoms with Crippen molar-refractivity contribution in [3.05, 3.63) is 65.0 Å². The van der Waals surface area contributed by atoms with Crippen LogP contribution in [-0.4, -0.2) is 26.7 Å². The Balaban J connectivity index is 1.77. The van der Waals surface area contributed by atoms with Gasteiger partial charge in [0, 0.05) is 12.2 Å².